The van der Waals surface area contributed by atoms with Gasteiger partial charge in [-0.05, 0) is 26.7 Å². The third kappa shape index (κ3) is 2.03. The highest BCUT2D eigenvalue weighted by atomic mass is 17.2. The summed E-state index contributed by atoms with van der Waals surface area (Å²) in [6, 6.07) is 0. The Morgan fingerprint density at radius 1 is 0.923 bits per heavy atom. The van der Waals surface area contributed by atoms with E-state index in [1.807, 2.05) is 13.8 Å². The Hall–Kier alpha value is -0.120. The summed E-state index contributed by atoms with van der Waals surface area (Å²) in [6.45, 7) is 4.58. The molecule has 0 aromatic heterocycles. The van der Waals surface area contributed by atoms with Crippen LogP contribution in [0.3, 0.4) is 0 Å². The second kappa shape index (κ2) is 3.23. The van der Waals surface area contributed by atoms with Gasteiger partial charge in [-0.1, -0.05) is 6.42 Å². The maximum absolute atomic E-state index is 5.77. The van der Waals surface area contributed by atoms with Gasteiger partial charge in [0.2, 0.25) is 5.79 Å². The number of ether oxygens (including phenoxy) is 1. The summed E-state index contributed by atoms with van der Waals surface area (Å²) in [7, 11) is 0. The maximum atomic E-state index is 5.77. The van der Waals surface area contributed by atoms with Gasteiger partial charge in [0.05, 0.1) is 6.61 Å². The molecule has 0 aromatic rings. The van der Waals surface area contributed by atoms with Gasteiger partial charge < -0.3 is 4.74 Å². The molecule has 0 radical (unpaired) electrons. The average molecular weight is 186 g/mol. The van der Waals surface area contributed by atoms with Crippen LogP contribution in [0.15, 0.2) is 0 Å². The third-order valence-corrected chi connectivity index (χ3v) is 2.72. The zero-order valence-corrected chi connectivity index (χ0v) is 8.47. The highest BCUT2D eigenvalue weighted by Crippen LogP contribution is 2.37. The van der Waals surface area contributed by atoms with E-state index in [-0.39, 0.29) is 5.60 Å². The molecule has 1 saturated heterocycles. The molecule has 1 heterocycles. The molecule has 3 heteroatoms. The van der Waals surface area contributed by atoms with E-state index in [4.69, 9.17) is 14.5 Å². The van der Waals surface area contributed by atoms with Crippen molar-refractivity contribution in [3.05, 3.63) is 0 Å². The van der Waals surface area contributed by atoms with Crippen LogP contribution in [0.4, 0.5) is 0 Å². The summed E-state index contributed by atoms with van der Waals surface area (Å²) in [5.41, 5.74) is -0.289. The van der Waals surface area contributed by atoms with Crippen LogP contribution in [0.25, 0.3) is 0 Å². The minimum atomic E-state index is -0.409. The van der Waals surface area contributed by atoms with Crippen molar-refractivity contribution >= 4 is 0 Å². The minimum Gasteiger partial charge on any atom is -0.344 e. The van der Waals surface area contributed by atoms with Gasteiger partial charge in [0.1, 0.15) is 5.60 Å². The van der Waals surface area contributed by atoms with Gasteiger partial charge in [0.25, 0.3) is 0 Å². The fourth-order valence-electron chi connectivity index (χ4n) is 1.86. The molecule has 0 N–H and O–H groups in total. The molecule has 2 rings (SSSR count). The van der Waals surface area contributed by atoms with Gasteiger partial charge in [-0.25, -0.2) is 9.78 Å². The smallest absolute Gasteiger partial charge is 0.201 e. The molecule has 1 saturated carbocycles. The standard InChI is InChI=1S/C10H18O3/c1-9(2)8-11-10(13-12-9)6-4-3-5-7-10/h3-8H2,1-2H3. The monoisotopic (exact) mass is 186 g/mol. The lowest BCUT2D eigenvalue weighted by molar-refractivity contribution is -0.511. The summed E-state index contributed by atoms with van der Waals surface area (Å²) in [5, 5.41) is 0. The second-order valence-electron chi connectivity index (χ2n) is 4.69. The molecule has 1 aliphatic heterocycles. The molecule has 1 aliphatic carbocycles. The Kier molecular flexibility index (Phi) is 2.34. The van der Waals surface area contributed by atoms with Gasteiger partial charge in [0, 0.05) is 12.8 Å². The van der Waals surface area contributed by atoms with Crippen LogP contribution in [-0.2, 0) is 14.5 Å². The van der Waals surface area contributed by atoms with Gasteiger partial charge in [-0.3, -0.25) is 0 Å². The van der Waals surface area contributed by atoms with Crippen LogP contribution in [-0.4, -0.2) is 18.0 Å². The SMILES string of the molecule is CC1(C)COC2(CCCCC2)OO1. The Morgan fingerprint density at radius 3 is 2.15 bits per heavy atom. The fraction of sp³-hybridized carbons (Fsp3) is 1.00. The van der Waals surface area contributed by atoms with Crippen LogP contribution in [0.5, 0.6) is 0 Å². The summed E-state index contributed by atoms with van der Waals surface area (Å²) < 4.78 is 5.77. The molecule has 1 spiro atoms. The van der Waals surface area contributed by atoms with E-state index in [0.717, 1.165) is 12.8 Å². The molecule has 13 heavy (non-hydrogen) atoms. The molecule has 0 aromatic carbocycles. The topological polar surface area (TPSA) is 27.7 Å². The first-order chi connectivity index (χ1) is 6.12. The number of rotatable bonds is 0. The lowest BCUT2D eigenvalue weighted by Gasteiger charge is -2.43. The summed E-state index contributed by atoms with van der Waals surface area (Å²) in [4.78, 5) is 10.7. The quantitative estimate of drug-likeness (QED) is 0.544. The van der Waals surface area contributed by atoms with Crippen molar-refractivity contribution < 1.29 is 14.5 Å². The Morgan fingerprint density at radius 2 is 1.62 bits per heavy atom. The van der Waals surface area contributed by atoms with E-state index < -0.39 is 5.79 Å². The van der Waals surface area contributed by atoms with Gasteiger partial charge >= 0.3 is 0 Å². The third-order valence-electron chi connectivity index (χ3n) is 2.72. The first kappa shape index (κ1) is 9.44. The zero-order valence-electron chi connectivity index (χ0n) is 8.47. The van der Waals surface area contributed by atoms with Crippen LogP contribution in [0, 0.1) is 0 Å². The van der Waals surface area contributed by atoms with Crippen LogP contribution >= 0.6 is 0 Å². The average Bonchev–Trinajstić information content (AvgIpc) is 2.13. The van der Waals surface area contributed by atoms with E-state index in [2.05, 4.69) is 0 Å². The molecule has 0 unspecified atom stereocenters. The summed E-state index contributed by atoms with van der Waals surface area (Å²) in [5.74, 6) is -0.409. The summed E-state index contributed by atoms with van der Waals surface area (Å²) >= 11 is 0. The molecule has 2 aliphatic rings. The molecule has 3 nitrogen and oxygen atoms in total. The van der Waals surface area contributed by atoms with E-state index in [1.54, 1.807) is 0 Å². The Balaban J connectivity index is 1.95. The van der Waals surface area contributed by atoms with Crippen molar-refractivity contribution in [3.8, 4) is 0 Å². The minimum absolute atomic E-state index is 0.289. The molecule has 0 atom stereocenters. The molecule has 76 valence electrons. The van der Waals surface area contributed by atoms with Crippen molar-refractivity contribution in [2.24, 2.45) is 0 Å². The second-order valence-corrected chi connectivity index (χ2v) is 4.69. The molecular formula is C10H18O3. The van der Waals surface area contributed by atoms with Crippen molar-refractivity contribution in [3.63, 3.8) is 0 Å². The fourth-order valence-corrected chi connectivity index (χ4v) is 1.86. The number of hydrogen-bond donors (Lipinski definition) is 0. The molecule has 0 amide bonds. The highest BCUT2D eigenvalue weighted by molar-refractivity contribution is 4.79. The lowest BCUT2D eigenvalue weighted by Crippen LogP contribution is -2.50. The Labute approximate surface area is 79.3 Å². The molecule has 0 bridgehead atoms. The first-order valence-electron chi connectivity index (χ1n) is 5.13. The van der Waals surface area contributed by atoms with E-state index in [9.17, 15) is 0 Å². The highest BCUT2D eigenvalue weighted by Gasteiger charge is 2.42. The zero-order chi connectivity index (χ0) is 9.36. The van der Waals surface area contributed by atoms with E-state index >= 15 is 0 Å². The first-order valence-corrected chi connectivity index (χ1v) is 5.13. The van der Waals surface area contributed by atoms with E-state index in [1.165, 1.54) is 19.3 Å². The summed E-state index contributed by atoms with van der Waals surface area (Å²) in [6.07, 6.45) is 5.61. The van der Waals surface area contributed by atoms with Gasteiger partial charge in [-0.2, -0.15) is 0 Å². The van der Waals surface area contributed by atoms with E-state index in [0.29, 0.717) is 6.61 Å². The van der Waals surface area contributed by atoms with Gasteiger partial charge in [-0.15, -0.1) is 0 Å². The Bertz CT molecular complexity index is 171. The van der Waals surface area contributed by atoms with Crippen molar-refractivity contribution in [2.45, 2.75) is 57.3 Å². The normalized spacial score (nSPS) is 31.8. The van der Waals surface area contributed by atoms with Crippen LogP contribution < -0.4 is 0 Å². The maximum Gasteiger partial charge on any atom is 0.201 e. The predicted octanol–water partition coefficient (Wildman–Crippen LogP) is 2.40. The van der Waals surface area contributed by atoms with Crippen LogP contribution in [0.1, 0.15) is 46.0 Å². The predicted molar refractivity (Wildman–Crippen MR) is 48.0 cm³/mol. The lowest BCUT2D eigenvalue weighted by atomic mass is 9.94. The van der Waals surface area contributed by atoms with Crippen LogP contribution in [0.2, 0.25) is 0 Å². The number of hydrogen-bond acceptors (Lipinski definition) is 3. The van der Waals surface area contributed by atoms with Crippen molar-refractivity contribution in [1.82, 2.24) is 0 Å². The molecular weight excluding hydrogens is 168 g/mol. The van der Waals surface area contributed by atoms with Crippen molar-refractivity contribution in [1.29, 1.82) is 0 Å². The molecule has 2 fully saturated rings. The van der Waals surface area contributed by atoms with Crippen molar-refractivity contribution in [2.75, 3.05) is 6.61 Å². The van der Waals surface area contributed by atoms with Gasteiger partial charge in [0.15, 0.2) is 0 Å². The largest absolute Gasteiger partial charge is 0.344 e.